The molecule has 2 unspecified atom stereocenters. The molecule has 6 aromatic rings. The van der Waals surface area contributed by atoms with Crippen LogP contribution in [-0.4, -0.2) is 0 Å². The van der Waals surface area contributed by atoms with E-state index in [1.807, 2.05) is 18.2 Å². The van der Waals surface area contributed by atoms with Gasteiger partial charge in [-0.15, -0.1) is 0 Å². The normalized spacial score (nSPS) is 16.1. The summed E-state index contributed by atoms with van der Waals surface area (Å²) in [7, 11) is 0. The summed E-state index contributed by atoms with van der Waals surface area (Å²) in [5.41, 5.74) is 17.5. The van der Waals surface area contributed by atoms with Gasteiger partial charge in [-0.05, 0) is 106 Å². The van der Waals surface area contributed by atoms with E-state index in [0.29, 0.717) is 11.8 Å². The Kier molecular flexibility index (Phi) is 8.36. The van der Waals surface area contributed by atoms with Gasteiger partial charge in [0.25, 0.3) is 0 Å². The van der Waals surface area contributed by atoms with Crippen molar-refractivity contribution < 1.29 is 0 Å². The Balaban J connectivity index is 0.000000430. The van der Waals surface area contributed by atoms with E-state index in [1.165, 1.54) is 72.3 Å². The Morgan fingerprint density at radius 1 is 0.478 bits per heavy atom. The third-order valence-corrected chi connectivity index (χ3v) is 9.56. The zero-order chi connectivity index (χ0) is 31.5. The van der Waals surface area contributed by atoms with Gasteiger partial charge in [-0.2, -0.15) is 0 Å². The highest BCUT2D eigenvalue weighted by molar-refractivity contribution is 5.86. The first kappa shape index (κ1) is 29.5. The lowest BCUT2D eigenvalue weighted by molar-refractivity contribution is 0.827. The molecule has 0 amide bonds. The molecule has 8 rings (SSSR count). The van der Waals surface area contributed by atoms with Crippen molar-refractivity contribution >= 4 is 0 Å². The van der Waals surface area contributed by atoms with Crippen LogP contribution in [0.2, 0.25) is 0 Å². The average molecular weight is 593 g/mol. The van der Waals surface area contributed by atoms with Gasteiger partial charge in [0.2, 0.25) is 0 Å². The van der Waals surface area contributed by atoms with Crippen molar-refractivity contribution in [3.05, 3.63) is 203 Å². The minimum absolute atomic E-state index is 0.291. The first-order valence-corrected chi connectivity index (χ1v) is 16.4. The number of rotatable bonds is 4. The summed E-state index contributed by atoms with van der Waals surface area (Å²) < 4.78 is 0. The van der Waals surface area contributed by atoms with E-state index in [2.05, 4.69) is 166 Å². The van der Waals surface area contributed by atoms with E-state index < -0.39 is 0 Å². The second-order valence-electron chi connectivity index (χ2n) is 12.6. The van der Waals surface area contributed by atoms with Gasteiger partial charge < -0.3 is 0 Å². The molecule has 0 heteroatoms. The largest absolute Gasteiger partial charge is 0.0794 e. The van der Waals surface area contributed by atoms with Crippen LogP contribution in [0, 0.1) is 20.8 Å². The van der Waals surface area contributed by atoms with Gasteiger partial charge in [0, 0.05) is 11.8 Å². The van der Waals surface area contributed by atoms with E-state index in [1.54, 1.807) is 0 Å². The highest BCUT2D eigenvalue weighted by Gasteiger charge is 2.31. The van der Waals surface area contributed by atoms with Crippen LogP contribution in [0.25, 0.3) is 33.4 Å². The van der Waals surface area contributed by atoms with E-state index in [4.69, 9.17) is 0 Å². The summed E-state index contributed by atoms with van der Waals surface area (Å²) in [6.45, 7) is 6.49. The van der Waals surface area contributed by atoms with Crippen molar-refractivity contribution in [3.63, 3.8) is 0 Å². The highest BCUT2D eigenvalue weighted by atomic mass is 14.3. The monoisotopic (exact) mass is 592 g/mol. The standard InChI is InChI=1S/C39H32.C7H8/c1-26-10-6-7-13-33(26)37-24-31(17-16-27(37)2)32-22-23-36-38(25-32)34-14-8-9-15-35(34)39(36)30-20-18-29(19-21-30)28-11-4-3-5-12-28;1-7-5-3-2-4-6-7/h3-18,20-25,29,39H,19H2,1-2H3;2-6H,1H3. The minimum Gasteiger partial charge on any atom is -0.0794 e. The maximum absolute atomic E-state index is 2.47. The second kappa shape index (κ2) is 13.0. The molecule has 0 nitrogen and oxygen atoms in total. The summed E-state index contributed by atoms with van der Waals surface area (Å²) in [4.78, 5) is 0. The van der Waals surface area contributed by atoms with Crippen molar-refractivity contribution in [2.24, 2.45) is 0 Å². The number of fused-ring (bicyclic) bond motifs is 3. The fraction of sp³-hybridized carbons (Fsp3) is 0.130. The van der Waals surface area contributed by atoms with Gasteiger partial charge in [0.05, 0.1) is 0 Å². The summed E-state index contributed by atoms with van der Waals surface area (Å²) in [6.07, 6.45) is 8.29. The van der Waals surface area contributed by atoms with Crippen molar-refractivity contribution in [3.8, 4) is 33.4 Å². The highest BCUT2D eigenvalue weighted by Crippen LogP contribution is 2.50. The van der Waals surface area contributed by atoms with Gasteiger partial charge in [-0.25, -0.2) is 0 Å². The lowest BCUT2D eigenvalue weighted by Gasteiger charge is -2.22. The van der Waals surface area contributed by atoms with Gasteiger partial charge in [-0.1, -0.05) is 157 Å². The molecule has 0 radical (unpaired) electrons. The van der Waals surface area contributed by atoms with Crippen LogP contribution >= 0.6 is 0 Å². The zero-order valence-electron chi connectivity index (χ0n) is 27.0. The number of hydrogen-bond donors (Lipinski definition) is 0. The van der Waals surface area contributed by atoms with Gasteiger partial charge >= 0.3 is 0 Å². The van der Waals surface area contributed by atoms with Crippen LogP contribution in [-0.2, 0) is 0 Å². The fourth-order valence-corrected chi connectivity index (χ4v) is 7.04. The Morgan fingerprint density at radius 2 is 1.07 bits per heavy atom. The minimum atomic E-state index is 0.291. The molecule has 2 aliphatic carbocycles. The summed E-state index contributed by atoms with van der Waals surface area (Å²) in [6, 6.07) is 52.8. The average Bonchev–Trinajstić information content (AvgIpc) is 3.44. The first-order chi connectivity index (χ1) is 22.6. The van der Waals surface area contributed by atoms with E-state index in [9.17, 15) is 0 Å². The predicted molar refractivity (Wildman–Crippen MR) is 196 cm³/mol. The molecular weight excluding hydrogens is 553 g/mol. The molecule has 0 saturated carbocycles. The molecule has 46 heavy (non-hydrogen) atoms. The number of benzene rings is 6. The molecule has 0 heterocycles. The van der Waals surface area contributed by atoms with Crippen molar-refractivity contribution in [1.29, 1.82) is 0 Å². The Morgan fingerprint density at radius 3 is 1.74 bits per heavy atom. The molecule has 0 aromatic heterocycles. The second-order valence-corrected chi connectivity index (χ2v) is 12.6. The molecule has 0 N–H and O–H groups in total. The van der Waals surface area contributed by atoms with Gasteiger partial charge in [0.15, 0.2) is 0 Å². The topological polar surface area (TPSA) is 0 Å². The SMILES string of the molecule is Cc1ccccc1.Cc1ccccc1-c1cc(-c2ccc3c(c2)-c2ccccc2C3C2=CCC(c3ccccc3)C=C2)ccc1C. The quantitative estimate of drug-likeness (QED) is 0.191. The fourth-order valence-electron chi connectivity index (χ4n) is 7.04. The summed E-state index contributed by atoms with van der Waals surface area (Å²) in [5.74, 6) is 0.746. The molecule has 224 valence electrons. The van der Waals surface area contributed by atoms with Crippen LogP contribution in [0.15, 0.2) is 169 Å². The summed E-state index contributed by atoms with van der Waals surface area (Å²) >= 11 is 0. The number of aryl methyl sites for hydroxylation is 3. The maximum atomic E-state index is 2.47. The van der Waals surface area contributed by atoms with Gasteiger partial charge in [-0.3, -0.25) is 0 Å². The molecule has 2 atom stereocenters. The van der Waals surface area contributed by atoms with Crippen molar-refractivity contribution in [1.82, 2.24) is 0 Å². The molecule has 6 aromatic carbocycles. The van der Waals surface area contributed by atoms with E-state index in [-0.39, 0.29) is 0 Å². The molecule has 0 saturated heterocycles. The molecule has 0 spiro atoms. The zero-order valence-corrected chi connectivity index (χ0v) is 27.0. The van der Waals surface area contributed by atoms with Crippen molar-refractivity contribution in [2.45, 2.75) is 39.0 Å². The first-order valence-electron chi connectivity index (χ1n) is 16.4. The third kappa shape index (κ3) is 5.92. The van der Waals surface area contributed by atoms with Crippen LogP contribution in [0.3, 0.4) is 0 Å². The molecule has 0 fully saturated rings. The number of allylic oxidation sites excluding steroid dienone is 4. The number of hydrogen-bond acceptors (Lipinski definition) is 0. The van der Waals surface area contributed by atoms with Crippen LogP contribution < -0.4 is 0 Å². The third-order valence-electron chi connectivity index (χ3n) is 9.56. The van der Waals surface area contributed by atoms with Gasteiger partial charge in [0.1, 0.15) is 0 Å². The Labute approximate surface area is 274 Å². The molecular formula is C46H40. The van der Waals surface area contributed by atoms with Crippen LogP contribution in [0.4, 0.5) is 0 Å². The van der Waals surface area contributed by atoms with E-state index >= 15 is 0 Å². The molecule has 0 aliphatic heterocycles. The smallest absolute Gasteiger partial charge is 0.0349 e. The Hall–Kier alpha value is -5.20. The summed E-state index contributed by atoms with van der Waals surface area (Å²) in [5, 5.41) is 0. The van der Waals surface area contributed by atoms with Crippen molar-refractivity contribution in [2.75, 3.05) is 0 Å². The van der Waals surface area contributed by atoms with E-state index in [0.717, 1.165) is 6.42 Å². The Bertz CT molecular complexity index is 2040. The predicted octanol–water partition coefficient (Wildman–Crippen LogP) is 12.4. The molecule has 2 aliphatic rings. The molecule has 0 bridgehead atoms. The lowest BCUT2D eigenvalue weighted by atomic mass is 9.82. The van der Waals surface area contributed by atoms with Crippen LogP contribution in [0.5, 0.6) is 0 Å². The lowest BCUT2D eigenvalue weighted by Crippen LogP contribution is -2.05. The maximum Gasteiger partial charge on any atom is 0.0349 e. The van der Waals surface area contributed by atoms with Crippen LogP contribution in [0.1, 0.15) is 51.6 Å².